The van der Waals surface area contributed by atoms with Crippen molar-refractivity contribution in [2.45, 2.75) is 0 Å². The first-order valence-electron chi connectivity index (χ1n) is 4.42. The fourth-order valence-electron chi connectivity index (χ4n) is 1.33. The molecule has 0 saturated heterocycles. The summed E-state index contributed by atoms with van der Waals surface area (Å²) in [6, 6.07) is 12.9. The Bertz CT molecular complexity index is 512. The molecule has 2 rings (SSSR count). The first-order valence-corrected chi connectivity index (χ1v) is 4.80. The van der Waals surface area contributed by atoms with Crippen LogP contribution < -0.4 is 0 Å². The zero-order chi connectivity index (χ0) is 10.7. The Kier molecular flexibility index (Phi) is 2.66. The lowest BCUT2D eigenvalue weighted by atomic mass is 10.1. The van der Waals surface area contributed by atoms with Gasteiger partial charge in [0.2, 0.25) is 0 Å². The summed E-state index contributed by atoms with van der Waals surface area (Å²) >= 11 is 5.79. The molecular formula is C12H7ClN2. The van der Waals surface area contributed by atoms with E-state index in [2.05, 4.69) is 11.1 Å². The van der Waals surface area contributed by atoms with E-state index in [1.807, 2.05) is 12.1 Å². The molecule has 0 atom stereocenters. The van der Waals surface area contributed by atoms with Crippen molar-refractivity contribution in [1.82, 2.24) is 4.98 Å². The summed E-state index contributed by atoms with van der Waals surface area (Å²) in [5.74, 6) is 0. The molecule has 1 heterocycles. The van der Waals surface area contributed by atoms with Crippen LogP contribution in [-0.4, -0.2) is 4.98 Å². The molecule has 15 heavy (non-hydrogen) atoms. The Balaban J connectivity index is 2.55. The van der Waals surface area contributed by atoms with Gasteiger partial charge < -0.3 is 0 Å². The van der Waals surface area contributed by atoms with Crippen molar-refractivity contribution in [3.05, 3.63) is 53.2 Å². The van der Waals surface area contributed by atoms with Gasteiger partial charge in [0.05, 0.1) is 11.3 Å². The minimum Gasteiger partial charge on any atom is -0.255 e. The number of rotatable bonds is 1. The van der Waals surface area contributed by atoms with Gasteiger partial charge in [-0.05, 0) is 24.3 Å². The molecule has 1 aromatic heterocycles. The molecule has 0 saturated carbocycles. The van der Waals surface area contributed by atoms with Crippen molar-refractivity contribution in [2.24, 2.45) is 0 Å². The first kappa shape index (κ1) is 9.70. The number of benzene rings is 1. The molecule has 0 radical (unpaired) electrons. The summed E-state index contributed by atoms with van der Waals surface area (Å²) in [5.41, 5.74) is 2.16. The highest BCUT2D eigenvalue weighted by atomic mass is 35.5. The number of halogens is 1. The molecule has 0 bridgehead atoms. The van der Waals surface area contributed by atoms with Crippen LogP contribution in [0.3, 0.4) is 0 Å². The fourth-order valence-corrected chi connectivity index (χ4v) is 1.46. The second-order valence-electron chi connectivity index (χ2n) is 3.02. The molecular weight excluding hydrogens is 208 g/mol. The van der Waals surface area contributed by atoms with Crippen molar-refractivity contribution in [1.29, 1.82) is 5.26 Å². The van der Waals surface area contributed by atoms with E-state index in [4.69, 9.17) is 16.9 Å². The van der Waals surface area contributed by atoms with Crippen molar-refractivity contribution in [2.75, 3.05) is 0 Å². The van der Waals surface area contributed by atoms with Crippen LogP contribution in [0.2, 0.25) is 5.02 Å². The quantitative estimate of drug-likeness (QED) is 0.731. The monoisotopic (exact) mass is 214 g/mol. The molecule has 0 unspecified atom stereocenters. The zero-order valence-corrected chi connectivity index (χ0v) is 8.57. The van der Waals surface area contributed by atoms with Crippen LogP contribution >= 0.6 is 11.6 Å². The Morgan fingerprint density at radius 3 is 2.53 bits per heavy atom. The molecule has 2 aromatic rings. The number of hydrogen-bond donors (Lipinski definition) is 0. The molecule has 0 fully saturated rings. The summed E-state index contributed by atoms with van der Waals surface area (Å²) in [4.78, 5) is 4.18. The SMILES string of the molecule is N#Cc1cccnc1-c1ccc(Cl)cc1. The van der Waals surface area contributed by atoms with Crippen molar-refractivity contribution in [3.63, 3.8) is 0 Å². The number of nitrogens with zero attached hydrogens (tertiary/aromatic N) is 2. The van der Waals surface area contributed by atoms with E-state index < -0.39 is 0 Å². The molecule has 0 amide bonds. The van der Waals surface area contributed by atoms with E-state index in [-0.39, 0.29) is 0 Å². The van der Waals surface area contributed by atoms with E-state index in [1.165, 1.54) is 0 Å². The van der Waals surface area contributed by atoms with Crippen LogP contribution in [0.1, 0.15) is 5.56 Å². The van der Waals surface area contributed by atoms with Crippen LogP contribution in [0, 0.1) is 11.3 Å². The van der Waals surface area contributed by atoms with Crippen LogP contribution in [0.5, 0.6) is 0 Å². The number of pyridine rings is 1. The summed E-state index contributed by atoms with van der Waals surface area (Å²) < 4.78 is 0. The van der Waals surface area contributed by atoms with Gasteiger partial charge in [0.25, 0.3) is 0 Å². The molecule has 1 aromatic carbocycles. The van der Waals surface area contributed by atoms with Crippen LogP contribution in [0.25, 0.3) is 11.3 Å². The maximum absolute atomic E-state index is 8.92. The van der Waals surface area contributed by atoms with Gasteiger partial charge >= 0.3 is 0 Å². The van der Waals surface area contributed by atoms with Gasteiger partial charge in [0.1, 0.15) is 6.07 Å². The molecule has 0 aliphatic carbocycles. The third kappa shape index (κ3) is 1.98. The van der Waals surface area contributed by atoms with E-state index in [0.717, 1.165) is 5.56 Å². The molecule has 72 valence electrons. The third-order valence-corrected chi connectivity index (χ3v) is 2.30. The van der Waals surface area contributed by atoms with Gasteiger partial charge in [-0.25, -0.2) is 0 Å². The Hall–Kier alpha value is -1.85. The van der Waals surface area contributed by atoms with E-state index >= 15 is 0 Å². The van der Waals surface area contributed by atoms with Gasteiger partial charge in [-0.2, -0.15) is 5.26 Å². The van der Waals surface area contributed by atoms with E-state index in [1.54, 1.807) is 30.5 Å². The highest BCUT2D eigenvalue weighted by Crippen LogP contribution is 2.22. The van der Waals surface area contributed by atoms with Gasteiger partial charge in [0, 0.05) is 16.8 Å². The lowest BCUT2D eigenvalue weighted by Gasteiger charge is -2.02. The molecule has 0 aliphatic rings. The normalized spacial score (nSPS) is 9.60. The van der Waals surface area contributed by atoms with Crippen LogP contribution in [-0.2, 0) is 0 Å². The lowest BCUT2D eigenvalue weighted by Crippen LogP contribution is -1.87. The molecule has 0 aliphatic heterocycles. The highest BCUT2D eigenvalue weighted by molar-refractivity contribution is 6.30. The maximum atomic E-state index is 8.92. The van der Waals surface area contributed by atoms with Crippen LogP contribution in [0.4, 0.5) is 0 Å². The minimum absolute atomic E-state index is 0.569. The largest absolute Gasteiger partial charge is 0.255 e. The number of hydrogen-bond acceptors (Lipinski definition) is 2. The molecule has 3 heteroatoms. The van der Waals surface area contributed by atoms with Gasteiger partial charge in [-0.1, -0.05) is 23.7 Å². The van der Waals surface area contributed by atoms with Gasteiger partial charge in [0.15, 0.2) is 0 Å². The molecule has 0 spiro atoms. The van der Waals surface area contributed by atoms with Gasteiger partial charge in [-0.3, -0.25) is 4.98 Å². The average Bonchev–Trinajstić information content (AvgIpc) is 2.30. The third-order valence-electron chi connectivity index (χ3n) is 2.05. The minimum atomic E-state index is 0.569. The molecule has 2 nitrogen and oxygen atoms in total. The number of aromatic nitrogens is 1. The van der Waals surface area contributed by atoms with Crippen molar-refractivity contribution in [3.8, 4) is 17.3 Å². The lowest BCUT2D eigenvalue weighted by molar-refractivity contribution is 1.30. The summed E-state index contributed by atoms with van der Waals surface area (Å²) in [6.07, 6.45) is 1.67. The Labute approximate surface area is 92.8 Å². The summed E-state index contributed by atoms with van der Waals surface area (Å²) in [7, 11) is 0. The molecule has 0 N–H and O–H groups in total. The van der Waals surface area contributed by atoms with Gasteiger partial charge in [-0.15, -0.1) is 0 Å². The fraction of sp³-hybridized carbons (Fsp3) is 0. The summed E-state index contributed by atoms with van der Waals surface area (Å²) in [6.45, 7) is 0. The second kappa shape index (κ2) is 4.12. The maximum Gasteiger partial charge on any atom is 0.101 e. The van der Waals surface area contributed by atoms with Crippen molar-refractivity contribution < 1.29 is 0 Å². The average molecular weight is 215 g/mol. The second-order valence-corrected chi connectivity index (χ2v) is 3.45. The highest BCUT2D eigenvalue weighted by Gasteiger charge is 2.04. The van der Waals surface area contributed by atoms with Crippen LogP contribution in [0.15, 0.2) is 42.6 Å². The van der Waals surface area contributed by atoms with Crippen molar-refractivity contribution >= 4 is 11.6 Å². The smallest absolute Gasteiger partial charge is 0.101 e. The topological polar surface area (TPSA) is 36.7 Å². The Morgan fingerprint density at radius 2 is 1.87 bits per heavy atom. The number of nitriles is 1. The Morgan fingerprint density at radius 1 is 1.13 bits per heavy atom. The zero-order valence-electron chi connectivity index (χ0n) is 7.81. The first-order chi connectivity index (χ1) is 7.31. The summed E-state index contributed by atoms with van der Waals surface area (Å²) in [5, 5.41) is 9.59. The van der Waals surface area contributed by atoms with E-state index in [0.29, 0.717) is 16.3 Å². The predicted octanol–water partition coefficient (Wildman–Crippen LogP) is 3.27. The van der Waals surface area contributed by atoms with E-state index in [9.17, 15) is 0 Å². The standard InChI is InChI=1S/C12H7ClN2/c13-11-5-3-9(4-6-11)12-10(8-14)2-1-7-15-12/h1-7H. The predicted molar refractivity (Wildman–Crippen MR) is 59.4 cm³/mol.